The summed E-state index contributed by atoms with van der Waals surface area (Å²) in [6.07, 6.45) is 11.6. The van der Waals surface area contributed by atoms with Crippen molar-refractivity contribution in [3.05, 3.63) is 66.1 Å². The van der Waals surface area contributed by atoms with E-state index in [0.29, 0.717) is 35.7 Å². The van der Waals surface area contributed by atoms with E-state index < -0.39 is 66.2 Å². The zero-order valence-corrected chi connectivity index (χ0v) is 29.1. The molecule has 0 bridgehead atoms. The first-order valence-corrected chi connectivity index (χ1v) is 18.2. The quantitative estimate of drug-likeness (QED) is 0.0907. The van der Waals surface area contributed by atoms with Gasteiger partial charge in [-0.25, -0.2) is 0 Å². The number of benzene rings is 1. The molecule has 3 aromatic rings. The van der Waals surface area contributed by atoms with Crippen molar-refractivity contribution in [2.24, 2.45) is 28.3 Å². The van der Waals surface area contributed by atoms with E-state index in [1.54, 1.807) is 18.5 Å². The fourth-order valence-electron chi connectivity index (χ4n) is 7.59. The van der Waals surface area contributed by atoms with Gasteiger partial charge in [-0.15, -0.1) is 0 Å². The number of nitrogens with zero attached hydrogens (tertiary/aromatic N) is 2. The van der Waals surface area contributed by atoms with E-state index in [2.05, 4.69) is 41.5 Å². The Bertz CT molecular complexity index is 1780. The lowest BCUT2D eigenvalue weighted by Crippen LogP contribution is -2.56. The van der Waals surface area contributed by atoms with Crippen molar-refractivity contribution in [1.82, 2.24) is 36.6 Å². The van der Waals surface area contributed by atoms with Gasteiger partial charge < -0.3 is 43.0 Å². The molecule has 3 aliphatic rings. The third kappa shape index (κ3) is 8.87. The number of aromatic nitrogens is 2. The van der Waals surface area contributed by atoms with Crippen molar-refractivity contribution < 1.29 is 24.0 Å². The molecule has 276 valence electrons. The number of aliphatic imine (C=N–C) groups is 1. The minimum Gasteiger partial charge on any atom is -0.370 e. The van der Waals surface area contributed by atoms with Crippen LogP contribution < -0.4 is 38.1 Å². The number of nitrogens with two attached hydrogens (primary N) is 2. The Morgan fingerprint density at radius 2 is 1.60 bits per heavy atom. The van der Waals surface area contributed by atoms with Crippen molar-refractivity contribution in [2.75, 3.05) is 13.1 Å². The number of carbonyl (C=O) groups excluding carboxylic acids is 5. The summed E-state index contributed by atoms with van der Waals surface area (Å²) in [5.41, 5.74) is 12.9. The SMILES string of the molecule is NC(N)=NCCC[C@@H]1NC(=O)[C@H](C2CC2)NC(=O)[C@@H](c2cncc3[nH]ccc23)NC(=O)[C@H](C(c2ccccc2)C2CCCCC2)NC(=O)CNC1=O. The van der Waals surface area contributed by atoms with Gasteiger partial charge in [0.25, 0.3) is 0 Å². The van der Waals surface area contributed by atoms with E-state index >= 15 is 0 Å². The van der Waals surface area contributed by atoms with Gasteiger partial charge in [0.1, 0.15) is 24.2 Å². The van der Waals surface area contributed by atoms with E-state index in [1.807, 2.05) is 30.3 Å². The average molecular weight is 713 g/mol. The summed E-state index contributed by atoms with van der Waals surface area (Å²) in [6, 6.07) is 7.03. The number of carbonyl (C=O) groups is 5. The van der Waals surface area contributed by atoms with Crippen molar-refractivity contribution >= 4 is 46.4 Å². The molecule has 2 aromatic heterocycles. The Morgan fingerprint density at radius 1 is 0.827 bits per heavy atom. The summed E-state index contributed by atoms with van der Waals surface area (Å²) in [7, 11) is 0. The zero-order valence-electron chi connectivity index (χ0n) is 29.1. The van der Waals surface area contributed by atoms with Gasteiger partial charge in [0.05, 0.1) is 18.3 Å². The zero-order chi connectivity index (χ0) is 36.6. The summed E-state index contributed by atoms with van der Waals surface area (Å²) in [4.78, 5) is 81.7. The molecule has 1 aromatic carbocycles. The lowest BCUT2D eigenvalue weighted by atomic mass is 9.73. The topological polar surface area (TPSA) is 239 Å². The number of pyridine rings is 1. The van der Waals surface area contributed by atoms with Gasteiger partial charge in [-0.3, -0.25) is 33.9 Å². The molecule has 1 unspecified atom stereocenters. The third-order valence-corrected chi connectivity index (χ3v) is 10.3. The van der Waals surface area contributed by atoms with E-state index in [9.17, 15) is 24.0 Å². The highest BCUT2D eigenvalue weighted by molar-refractivity contribution is 5.99. The summed E-state index contributed by atoms with van der Waals surface area (Å²) >= 11 is 0. The van der Waals surface area contributed by atoms with Crippen LogP contribution in [0.25, 0.3) is 10.9 Å². The van der Waals surface area contributed by atoms with Crippen molar-refractivity contribution in [1.29, 1.82) is 0 Å². The maximum absolute atomic E-state index is 14.7. The van der Waals surface area contributed by atoms with E-state index in [1.165, 1.54) is 6.20 Å². The molecule has 3 heterocycles. The van der Waals surface area contributed by atoms with Gasteiger partial charge >= 0.3 is 0 Å². The van der Waals surface area contributed by atoms with Crippen LogP contribution in [0.3, 0.4) is 0 Å². The summed E-state index contributed by atoms with van der Waals surface area (Å²) in [5.74, 6) is -3.49. The lowest BCUT2D eigenvalue weighted by molar-refractivity contribution is -0.134. The molecule has 1 aliphatic heterocycles. The molecule has 2 aliphatic carbocycles. The molecule has 52 heavy (non-hydrogen) atoms. The molecule has 5 amide bonds. The molecule has 3 fully saturated rings. The highest BCUT2D eigenvalue weighted by atomic mass is 16.2. The van der Waals surface area contributed by atoms with Gasteiger partial charge in [-0.05, 0) is 62.0 Å². The monoisotopic (exact) mass is 712 g/mol. The van der Waals surface area contributed by atoms with Gasteiger partial charge in [0, 0.05) is 35.8 Å². The first-order chi connectivity index (χ1) is 25.2. The van der Waals surface area contributed by atoms with E-state index in [-0.39, 0.29) is 30.8 Å². The number of hydrogen-bond donors (Lipinski definition) is 8. The Labute approximate surface area is 301 Å². The Kier molecular flexibility index (Phi) is 11.7. The van der Waals surface area contributed by atoms with Crippen LogP contribution in [0.4, 0.5) is 0 Å². The summed E-state index contributed by atoms with van der Waals surface area (Å²) < 4.78 is 0. The fourth-order valence-corrected chi connectivity index (χ4v) is 7.59. The predicted molar refractivity (Wildman–Crippen MR) is 194 cm³/mol. The largest absolute Gasteiger partial charge is 0.370 e. The maximum atomic E-state index is 14.7. The number of guanidine groups is 1. The second-order valence-corrected chi connectivity index (χ2v) is 14.0. The molecule has 15 heteroatoms. The molecule has 2 saturated carbocycles. The van der Waals surface area contributed by atoms with Gasteiger partial charge in [-0.1, -0.05) is 49.6 Å². The Hall–Kier alpha value is -5.47. The smallest absolute Gasteiger partial charge is 0.247 e. The first kappa shape index (κ1) is 36.3. The van der Waals surface area contributed by atoms with Crippen LogP contribution >= 0.6 is 0 Å². The van der Waals surface area contributed by atoms with Crippen molar-refractivity contribution in [2.45, 2.75) is 87.9 Å². The highest BCUT2D eigenvalue weighted by Crippen LogP contribution is 2.39. The second kappa shape index (κ2) is 16.7. The van der Waals surface area contributed by atoms with E-state index in [4.69, 9.17) is 11.5 Å². The number of fused-ring (bicyclic) bond motifs is 1. The molecule has 0 spiro atoms. The molecular weight excluding hydrogens is 664 g/mol. The van der Waals surface area contributed by atoms with Gasteiger partial charge in [0.2, 0.25) is 29.5 Å². The van der Waals surface area contributed by atoms with Crippen molar-refractivity contribution in [3.63, 3.8) is 0 Å². The van der Waals surface area contributed by atoms with Crippen LogP contribution in [0.5, 0.6) is 0 Å². The number of hydrogen-bond acceptors (Lipinski definition) is 7. The van der Waals surface area contributed by atoms with Gasteiger partial charge in [-0.2, -0.15) is 0 Å². The first-order valence-electron chi connectivity index (χ1n) is 18.2. The summed E-state index contributed by atoms with van der Waals surface area (Å²) in [6.45, 7) is -0.211. The minimum atomic E-state index is -1.27. The van der Waals surface area contributed by atoms with Crippen LogP contribution in [-0.2, 0) is 24.0 Å². The highest BCUT2D eigenvalue weighted by Gasteiger charge is 2.42. The molecular formula is C37H48N10O5. The third-order valence-electron chi connectivity index (χ3n) is 10.3. The number of amides is 5. The maximum Gasteiger partial charge on any atom is 0.247 e. The number of aromatic amines is 1. The standard InChI is InChI=1S/C37H48N10O5/c38-37(39)42-16-7-12-26-33(49)43-20-28(48)45-32(29(21-8-3-1-4-9-21)22-10-5-2-6-11-22)36(52)47-31(25-18-40-19-27-24(25)15-17-41-27)35(51)46-30(23-13-14-23)34(50)44-26/h1,3-4,8-9,15,17-19,22-23,26,29-32,41H,2,5-7,10-14,16,20H2,(H,43,49)(H,44,50)(H,45,48)(H,46,51)(H,47,52)(H4,38,39,42)/t26-,29?,30-,31+,32-/m0/s1. The molecule has 10 N–H and O–H groups in total. The van der Waals surface area contributed by atoms with Crippen LogP contribution in [-0.4, -0.2) is 76.7 Å². The number of H-pyrrole nitrogens is 1. The van der Waals surface area contributed by atoms with Gasteiger partial charge in [0.15, 0.2) is 5.96 Å². The number of rotatable bonds is 9. The molecule has 15 nitrogen and oxygen atoms in total. The van der Waals surface area contributed by atoms with Crippen LogP contribution in [0.15, 0.2) is 60.0 Å². The average Bonchev–Trinajstić information content (AvgIpc) is 3.87. The van der Waals surface area contributed by atoms with Crippen molar-refractivity contribution in [3.8, 4) is 0 Å². The summed E-state index contributed by atoms with van der Waals surface area (Å²) in [5, 5.41) is 15.0. The lowest BCUT2D eigenvalue weighted by Gasteiger charge is -2.36. The molecule has 0 radical (unpaired) electrons. The molecule has 6 rings (SSSR count). The Morgan fingerprint density at radius 3 is 2.33 bits per heavy atom. The van der Waals surface area contributed by atoms with Crippen LogP contribution in [0, 0.1) is 11.8 Å². The normalized spacial score (nSPS) is 24.7. The minimum absolute atomic E-state index is 0.0709. The second-order valence-electron chi connectivity index (χ2n) is 14.0. The fraction of sp³-hybridized carbons (Fsp3) is 0.486. The van der Waals surface area contributed by atoms with Crippen LogP contribution in [0.2, 0.25) is 0 Å². The predicted octanol–water partition coefficient (Wildman–Crippen LogP) is 1.13. The van der Waals surface area contributed by atoms with E-state index in [0.717, 1.165) is 37.7 Å². The molecule has 5 atom stereocenters. The molecule has 1 saturated heterocycles. The number of nitrogens with one attached hydrogen (secondary N) is 6. The van der Waals surface area contributed by atoms with Crippen LogP contribution in [0.1, 0.15) is 80.9 Å². The Balaban J connectivity index is 1.40.